The van der Waals surface area contributed by atoms with Crippen LogP contribution in [0.2, 0.25) is 0 Å². The summed E-state index contributed by atoms with van der Waals surface area (Å²) in [4.78, 5) is 24.1. The Bertz CT molecular complexity index is 689. The number of nitrogens with one attached hydrogen (secondary N) is 1. The molecule has 0 fully saturated rings. The van der Waals surface area contributed by atoms with Crippen LogP contribution in [-0.2, 0) is 4.79 Å². The fraction of sp³-hybridized carbons (Fsp3) is 0.250. The van der Waals surface area contributed by atoms with Crippen molar-refractivity contribution in [3.05, 3.63) is 64.1 Å². The van der Waals surface area contributed by atoms with E-state index in [1.165, 1.54) is 10.6 Å². The van der Waals surface area contributed by atoms with Crippen LogP contribution in [0.5, 0.6) is 0 Å². The summed E-state index contributed by atoms with van der Waals surface area (Å²) >= 11 is 0. The van der Waals surface area contributed by atoms with Crippen LogP contribution in [0.25, 0.3) is 0 Å². The molecule has 1 N–H and O–H groups in total. The van der Waals surface area contributed by atoms with Gasteiger partial charge in [0, 0.05) is 18.0 Å². The van der Waals surface area contributed by atoms with Gasteiger partial charge < -0.3 is 9.88 Å². The summed E-state index contributed by atoms with van der Waals surface area (Å²) in [5.41, 5.74) is 2.48. The number of carbonyl (C=O) groups is 1. The summed E-state index contributed by atoms with van der Waals surface area (Å²) in [6, 6.07) is 10.3. The number of amides is 1. The van der Waals surface area contributed by atoms with Crippen molar-refractivity contribution in [1.29, 1.82) is 0 Å². The lowest BCUT2D eigenvalue weighted by atomic mass is 10.2. The second-order valence-corrected chi connectivity index (χ2v) is 4.93. The summed E-state index contributed by atoms with van der Waals surface area (Å²) in [5, 5.41) is 2.85. The monoisotopic (exact) mass is 270 g/mol. The van der Waals surface area contributed by atoms with Gasteiger partial charge in [0.15, 0.2) is 0 Å². The Morgan fingerprint density at radius 1 is 1.20 bits per heavy atom. The Balaban J connectivity index is 2.21. The predicted octanol–water partition coefficient (Wildman–Crippen LogP) is 2.66. The zero-order valence-corrected chi connectivity index (χ0v) is 11.9. The van der Waals surface area contributed by atoms with Gasteiger partial charge in [0.25, 0.3) is 5.56 Å². The number of nitrogens with zero attached hydrogens (tertiary/aromatic N) is 1. The molecule has 104 valence electrons. The molecule has 0 spiro atoms. The van der Waals surface area contributed by atoms with Crippen molar-refractivity contribution in [2.24, 2.45) is 0 Å². The fourth-order valence-corrected chi connectivity index (χ4v) is 1.99. The van der Waals surface area contributed by atoms with Crippen LogP contribution in [0.1, 0.15) is 24.1 Å². The highest BCUT2D eigenvalue weighted by Gasteiger charge is 2.16. The molecular weight excluding hydrogens is 252 g/mol. The zero-order chi connectivity index (χ0) is 14.7. The Morgan fingerprint density at radius 2 is 1.90 bits per heavy atom. The molecule has 1 heterocycles. The maximum atomic E-state index is 12.2. The quantitative estimate of drug-likeness (QED) is 0.932. The van der Waals surface area contributed by atoms with Gasteiger partial charge in [0.05, 0.1) is 0 Å². The van der Waals surface area contributed by atoms with Gasteiger partial charge in [-0.1, -0.05) is 18.2 Å². The normalized spacial score (nSPS) is 11.9. The average molecular weight is 270 g/mol. The number of pyridine rings is 1. The van der Waals surface area contributed by atoms with Gasteiger partial charge in [-0.3, -0.25) is 9.59 Å². The molecule has 1 unspecified atom stereocenters. The first-order valence-electron chi connectivity index (χ1n) is 6.54. The average Bonchev–Trinajstić information content (AvgIpc) is 2.40. The van der Waals surface area contributed by atoms with Crippen molar-refractivity contribution in [3.63, 3.8) is 0 Å². The maximum absolute atomic E-state index is 12.2. The van der Waals surface area contributed by atoms with E-state index in [1.807, 2.05) is 44.2 Å². The zero-order valence-electron chi connectivity index (χ0n) is 11.9. The standard InChI is InChI=1S/C16H18N2O2/c1-11-8-9-18(15(19)10-11)13(3)16(20)17-14-7-5-4-6-12(14)2/h4-10,13H,1-3H3,(H,17,20). The highest BCUT2D eigenvalue weighted by molar-refractivity contribution is 5.94. The van der Waals surface area contributed by atoms with E-state index >= 15 is 0 Å². The van der Waals surface area contributed by atoms with Crippen molar-refractivity contribution in [3.8, 4) is 0 Å². The molecule has 20 heavy (non-hydrogen) atoms. The third-order valence-corrected chi connectivity index (χ3v) is 3.30. The van der Waals surface area contributed by atoms with Crippen LogP contribution < -0.4 is 10.9 Å². The number of rotatable bonds is 3. The van der Waals surface area contributed by atoms with Crippen LogP contribution in [-0.4, -0.2) is 10.5 Å². The van der Waals surface area contributed by atoms with E-state index in [1.54, 1.807) is 13.1 Å². The second kappa shape index (κ2) is 5.74. The topological polar surface area (TPSA) is 51.1 Å². The van der Waals surface area contributed by atoms with Crippen LogP contribution in [0.4, 0.5) is 5.69 Å². The molecule has 2 aromatic rings. The maximum Gasteiger partial charge on any atom is 0.251 e. The molecule has 2 rings (SSSR count). The number of para-hydroxylation sites is 1. The van der Waals surface area contributed by atoms with Crippen LogP contribution >= 0.6 is 0 Å². The first-order chi connectivity index (χ1) is 9.49. The van der Waals surface area contributed by atoms with Gasteiger partial charge in [0.2, 0.25) is 5.91 Å². The number of anilines is 1. The van der Waals surface area contributed by atoms with Crippen molar-refractivity contribution >= 4 is 11.6 Å². The molecule has 4 nitrogen and oxygen atoms in total. The molecule has 0 aliphatic rings. The molecule has 0 bridgehead atoms. The summed E-state index contributed by atoms with van der Waals surface area (Å²) in [7, 11) is 0. The largest absolute Gasteiger partial charge is 0.324 e. The molecule has 0 radical (unpaired) electrons. The lowest BCUT2D eigenvalue weighted by molar-refractivity contribution is -0.118. The number of carbonyl (C=O) groups excluding carboxylic acids is 1. The van der Waals surface area contributed by atoms with Crippen molar-refractivity contribution in [1.82, 2.24) is 4.57 Å². The summed E-state index contributed by atoms with van der Waals surface area (Å²) < 4.78 is 1.43. The van der Waals surface area contributed by atoms with E-state index in [9.17, 15) is 9.59 Å². The Hall–Kier alpha value is -2.36. The van der Waals surface area contributed by atoms with E-state index in [-0.39, 0.29) is 11.5 Å². The Labute approximate surface area is 118 Å². The lowest BCUT2D eigenvalue weighted by Gasteiger charge is -2.16. The second-order valence-electron chi connectivity index (χ2n) is 4.93. The van der Waals surface area contributed by atoms with E-state index in [4.69, 9.17) is 0 Å². The van der Waals surface area contributed by atoms with Crippen molar-refractivity contribution in [2.45, 2.75) is 26.8 Å². The number of hydrogen-bond acceptors (Lipinski definition) is 2. The molecule has 1 aromatic carbocycles. The molecule has 0 aliphatic heterocycles. The summed E-state index contributed by atoms with van der Waals surface area (Å²) in [6.45, 7) is 5.49. The number of hydrogen-bond donors (Lipinski definition) is 1. The number of aryl methyl sites for hydroxylation is 2. The van der Waals surface area contributed by atoms with Crippen molar-refractivity contribution < 1.29 is 4.79 Å². The molecule has 1 aromatic heterocycles. The van der Waals surface area contributed by atoms with Gasteiger partial charge in [-0.25, -0.2) is 0 Å². The van der Waals surface area contributed by atoms with Gasteiger partial charge in [0.1, 0.15) is 6.04 Å². The van der Waals surface area contributed by atoms with Crippen molar-refractivity contribution in [2.75, 3.05) is 5.32 Å². The third-order valence-electron chi connectivity index (χ3n) is 3.30. The molecule has 4 heteroatoms. The van der Waals surface area contributed by atoms with E-state index in [0.717, 1.165) is 16.8 Å². The minimum absolute atomic E-state index is 0.169. The Morgan fingerprint density at radius 3 is 2.55 bits per heavy atom. The fourth-order valence-electron chi connectivity index (χ4n) is 1.99. The first-order valence-corrected chi connectivity index (χ1v) is 6.54. The highest BCUT2D eigenvalue weighted by atomic mass is 16.2. The van der Waals surface area contributed by atoms with Gasteiger partial charge in [-0.05, 0) is 44.0 Å². The van der Waals surface area contributed by atoms with E-state index in [2.05, 4.69) is 5.32 Å². The first kappa shape index (κ1) is 14.1. The molecular formula is C16H18N2O2. The Kier molecular flexibility index (Phi) is 4.03. The summed E-state index contributed by atoms with van der Waals surface area (Å²) in [5.74, 6) is -0.203. The van der Waals surface area contributed by atoms with E-state index in [0.29, 0.717) is 0 Å². The van der Waals surface area contributed by atoms with Gasteiger partial charge >= 0.3 is 0 Å². The lowest BCUT2D eigenvalue weighted by Crippen LogP contribution is -2.31. The third kappa shape index (κ3) is 2.96. The van der Waals surface area contributed by atoms with Crippen LogP contribution in [0.15, 0.2) is 47.4 Å². The highest BCUT2D eigenvalue weighted by Crippen LogP contribution is 2.15. The molecule has 1 atom stereocenters. The SMILES string of the molecule is Cc1ccn(C(C)C(=O)Nc2ccccc2C)c(=O)c1. The van der Waals surface area contributed by atoms with Crippen LogP contribution in [0.3, 0.4) is 0 Å². The van der Waals surface area contributed by atoms with Crippen LogP contribution in [0, 0.1) is 13.8 Å². The predicted molar refractivity (Wildman–Crippen MR) is 80.0 cm³/mol. The van der Waals surface area contributed by atoms with E-state index < -0.39 is 6.04 Å². The smallest absolute Gasteiger partial charge is 0.251 e. The van der Waals surface area contributed by atoms with Gasteiger partial charge in [-0.2, -0.15) is 0 Å². The minimum atomic E-state index is -0.553. The van der Waals surface area contributed by atoms with Gasteiger partial charge in [-0.15, -0.1) is 0 Å². The molecule has 0 saturated heterocycles. The molecule has 1 amide bonds. The summed E-state index contributed by atoms with van der Waals surface area (Å²) in [6.07, 6.45) is 1.65. The number of benzene rings is 1. The molecule has 0 saturated carbocycles. The molecule has 0 aliphatic carbocycles. The number of aromatic nitrogens is 1. The minimum Gasteiger partial charge on any atom is -0.324 e.